The summed E-state index contributed by atoms with van der Waals surface area (Å²) in [6, 6.07) is 0. The van der Waals surface area contributed by atoms with E-state index in [1.807, 2.05) is 0 Å². The summed E-state index contributed by atoms with van der Waals surface area (Å²) < 4.78 is 0. The molecule has 0 N–H and O–H groups in total. The average Bonchev–Trinajstić information content (AvgIpc) is 0. The van der Waals surface area contributed by atoms with Crippen molar-refractivity contribution in [3.63, 3.8) is 0 Å². The predicted octanol–water partition coefficient (Wildman–Crippen LogP) is -9.23. The zero-order valence-corrected chi connectivity index (χ0v) is 19.9. The van der Waals surface area contributed by atoms with Crippen molar-refractivity contribution in [2.75, 3.05) is 0 Å². The molecule has 0 saturated carbocycles. The summed E-state index contributed by atoms with van der Waals surface area (Å²) >= 11 is 0. The molecule has 0 aromatic heterocycles. The van der Waals surface area contributed by atoms with Crippen LogP contribution in [0.4, 0.5) is 0 Å². The number of rotatable bonds is 0. The first-order valence-corrected chi connectivity index (χ1v) is 0. The monoisotopic (exact) mass is 346 g/mol. The van der Waals surface area contributed by atoms with Crippen LogP contribution in [0.2, 0.25) is 0 Å². The molecule has 25 valence electrons. The maximum Gasteiger partial charge on any atom is 1.00 e. The summed E-state index contributed by atoms with van der Waals surface area (Å²) in [7, 11) is 0. The summed E-state index contributed by atoms with van der Waals surface area (Å²) in [5.74, 6) is 0. The van der Waals surface area contributed by atoms with Gasteiger partial charge < -0.3 is 11.0 Å². The fourth-order valence-electron chi connectivity index (χ4n) is 0. The van der Waals surface area contributed by atoms with Crippen molar-refractivity contribution in [2.24, 2.45) is 0 Å². The van der Waals surface area contributed by atoms with Crippen molar-refractivity contribution in [1.29, 1.82) is 0 Å². The van der Waals surface area contributed by atoms with Crippen LogP contribution in [0.15, 0.2) is 0 Å². The van der Waals surface area contributed by atoms with Gasteiger partial charge in [-0.05, 0) is 0 Å². The molecule has 6 heavy (non-hydrogen) atoms. The van der Waals surface area contributed by atoms with E-state index in [9.17, 15) is 0 Å². The van der Waals surface area contributed by atoms with Crippen LogP contribution in [0, 0.1) is 0 Å². The van der Waals surface area contributed by atoms with Crippen molar-refractivity contribution >= 4 is 0 Å². The Hall–Kier alpha value is 5.84. The van der Waals surface area contributed by atoms with Gasteiger partial charge in [0.25, 0.3) is 0 Å². The second-order valence-electron chi connectivity index (χ2n) is 0. The number of hydrogen-bond acceptors (Lipinski definition) is 0. The quantitative estimate of drug-likeness (QED) is 0.418. The maximum absolute atomic E-state index is 0. The standard InChI is InChI=1S/Co.2O.3Rb/q;2*-2;3*+1. The molecule has 0 spiro atoms. The molecule has 2 nitrogen and oxygen atoms in total. The maximum atomic E-state index is 0. The smallest absolute Gasteiger partial charge is 1.00 e. The molecular weight excluding hydrogens is 347 g/mol. The zero-order chi connectivity index (χ0) is 0. The second-order valence-corrected chi connectivity index (χ2v) is 0. The van der Waals surface area contributed by atoms with E-state index >= 15 is 0 Å². The number of hydrogen-bond donors (Lipinski definition) is 0. The Morgan fingerprint density at radius 3 is 0.500 bits per heavy atom. The first-order valence-electron chi connectivity index (χ1n) is 0. The Morgan fingerprint density at radius 1 is 0.500 bits per heavy atom. The van der Waals surface area contributed by atoms with Crippen LogP contribution in [0.3, 0.4) is 0 Å². The van der Waals surface area contributed by atoms with E-state index in [4.69, 9.17) is 0 Å². The Morgan fingerprint density at radius 2 is 0.500 bits per heavy atom. The van der Waals surface area contributed by atoms with E-state index in [1.54, 1.807) is 0 Å². The molecule has 0 aliphatic carbocycles. The van der Waals surface area contributed by atoms with Gasteiger partial charge in [-0.2, -0.15) is 0 Å². The van der Waals surface area contributed by atoms with E-state index in [0.29, 0.717) is 0 Å². The van der Waals surface area contributed by atoms with E-state index in [1.165, 1.54) is 0 Å². The fourth-order valence-corrected chi connectivity index (χ4v) is 0. The van der Waals surface area contributed by atoms with Crippen molar-refractivity contribution in [2.45, 2.75) is 0 Å². The second kappa shape index (κ2) is 30.8. The van der Waals surface area contributed by atoms with E-state index in [2.05, 4.69) is 0 Å². The minimum absolute atomic E-state index is 0. The summed E-state index contributed by atoms with van der Waals surface area (Å²) in [6.45, 7) is 0. The van der Waals surface area contributed by atoms with Crippen molar-refractivity contribution in [3.8, 4) is 0 Å². The zero-order valence-electron chi connectivity index (χ0n) is 4.15. The first kappa shape index (κ1) is 40.8. The summed E-state index contributed by atoms with van der Waals surface area (Å²) in [6.07, 6.45) is 0. The van der Waals surface area contributed by atoms with Crippen LogP contribution in [-0.2, 0) is 27.7 Å². The van der Waals surface area contributed by atoms with Crippen LogP contribution >= 0.6 is 0 Å². The van der Waals surface area contributed by atoms with Gasteiger partial charge in [0.15, 0.2) is 0 Å². The summed E-state index contributed by atoms with van der Waals surface area (Å²) in [4.78, 5) is 0. The molecular formula is CoO2Rb3-. The van der Waals surface area contributed by atoms with Crippen molar-refractivity contribution in [1.82, 2.24) is 0 Å². The van der Waals surface area contributed by atoms with Gasteiger partial charge in [0.1, 0.15) is 0 Å². The van der Waals surface area contributed by atoms with E-state index in [0.717, 1.165) is 0 Å². The molecule has 0 fully saturated rings. The SMILES string of the molecule is [Co].[O-2].[O-2].[Rb+].[Rb+].[Rb+]. The minimum atomic E-state index is 0. The van der Waals surface area contributed by atoms with Gasteiger partial charge in [-0.1, -0.05) is 0 Å². The molecule has 0 aliphatic heterocycles. The van der Waals surface area contributed by atoms with Gasteiger partial charge in [0.2, 0.25) is 0 Å². The Bertz CT molecular complexity index is 8.75. The topological polar surface area (TPSA) is 57.0 Å². The average molecular weight is 347 g/mol. The molecule has 0 heterocycles. The van der Waals surface area contributed by atoms with Gasteiger partial charge >= 0.3 is 175 Å². The molecule has 0 rings (SSSR count). The molecule has 0 amide bonds. The molecule has 0 aromatic carbocycles. The fraction of sp³-hybridized carbons (Fsp3) is 0. The first-order chi connectivity index (χ1) is 0. The third-order valence-electron chi connectivity index (χ3n) is 0. The molecule has 6 heteroatoms. The van der Waals surface area contributed by atoms with Crippen molar-refractivity contribution < 1.29 is 202 Å². The summed E-state index contributed by atoms with van der Waals surface area (Å²) in [5.41, 5.74) is 0. The largest absolute Gasteiger partial charge is 2.00 e. The predicted molar refractivity (Wildman–Crippen MR) is 1.37 cm³/mol. The summed E-state index contributed by atoms with van der Waals surface area (Å²) in [5, 5.41) is 0. The van der Waals surface area contributed by atoms with Crippen LogP contribution < -0.4 is 175 Å². The molecule has 0 aliphatic rings. The van der Waals surface area contributed by atoms with Crippen molar-refractivity contribution in [3.05, 3.63) is 0 Å². The van der Waals surface area contributed by atoms with Gasteiger partial charge in [-0.3, -0.25) is 0 Å². The molecule has 1 radical (unpaired) electrons. The molecule has 0 bridgehead atoms. The Labute approximate surface area is 195 Å². The Balaban J connectivity index is 0. The van der Waals surface area contributed by atoms with Gasteiger partial charge in [-0.15, -0.1) is 0 Å². The molecule has 0 saturated heterocycles. The normalized spacial score (nSPS) is 0. The van der Waals surface area contributed by atoms with Crippen LogP contribution in [-0.4, -0.2) is 0 Å². The van der Waals surface area contributed by atoms with Gasteiger partial charge in [0.05, 0.1) is 0 Å². The van der Waals surface area contributed by atoms with Crippen LogP contribution in [0.5, 0.6) is 0 Å². The molecule has 0 atom stereocenters. The minimum Gasteiger partial charge on any atom is -2.00 e. The third kappa shape index (κ3) is 22.5. The van der Waals surface area contributed by atoms with E-state index in [-0.39, 0.29) is 202 Å². The van der Waals surface area contributed by atoms with Gasteiger partial charge in [-0.25, -0.2) is 0 Å². The van der Waals surface area contributed by atoms with Gasteiger partial charge in [0, 0.05) is 16.8 Å². The third-order valence-corrected chi connectivity index (χ3v) is 0. The molecule has 0 aromatic rings. The van der Waals surface area contributed by atoms with Crippen LogP contribution in [0.25, 0.3) is 0 Å². The molecule has 0 unspecified atom stereocenters. The van der Waals surface area contributed by atoms with E-state index < -0.39 is 0 Å². The Kier molecular flexibility index (Phi) is 209. The van der Waals surface area contributed by atoms with Crippen LogP contribution in [0.1, 0.15) is 0 Å².